The first-order valence-corrected chi connectivity index (χ1v) is 4.85. The van der Waals surface area contributed by atoms with Crippen molar-refractivity contribution >= 4 is 11.7 Å². The van der Waals surface area contributed by atoms with Crippen molar-refractivity contribution in [2.45, 2.75) is 19.4 Å². The number of anilines is 1. The van der Waals surface area contributed by atoms with Crippen LogP contribution in [0.4, 0.5) is 5.82 Å². The summed E-state index contributed by atoms with van der Waals surface area (Å²) < 4.78 is 0. The molecule has 1 heterocycles. The number of aliphatic hydroxyl groups is 1. The SMILES string of the molecule is CN(CC(C)(C)O)C(=O)c1cnc(N)cn1. The van der Waals surface area contributed by atoms with Crippen LogP contribution < -0.4 is 5.73 Å². The number of rotatable bonds is 3. The van der Waals surface area contributed by atoms with E-state index in [0.717, 1.165) is 0 Å². The van der Waals surface area contributed by atoms with Gasteiger partial charge in [-0.2, -0.15) is 0 Å². The van der Waals surface area contributed by atoms with Gasteiger partial charge in [0.25, 0.3) is 5.91 Å². The summed E-state index contributed by atoms with van der Waals surface area (Å²) in [4.78, 5) is 20.8. The molecule has 0 atom stereocenters. The quantitative estimate of drug-likeness (QED) is 0.748. The number of nitrogens with zero attached hydrogens (tertiary/aromatic N) is 3. The van der Waals surface area contributed by atoms with Gasteiger partial charge in [-0.05, 0) is 13.8 Å². The van der Waals surface area contributed by atoms with Crippen LogP contribution >= 0.6 is 0 Å². The third-order valence-electron chi connectivity index (χ3n) is 1.86. The molecule has 0 saturated carbocycles. The van der Waals surface area contributed by atoms with Crippen LogP contribution in [0.5, 0.6) is 0 Å². The summed E-state index contributed by atoms with van der Waals surface area (Å²) in [6.07, 6.45) is 2.64. The first-order chi connectivity index (χ1) is 7.29. The van der Waals surface area contributed by atoms with Gasteiger partial charge < -0.3 is 15.7 Å². The van der Waals surface area contributed by atoms with E-state index in [1.54, 1.807) is 20.9 Å². The van der Waals surface area contributed by atoms with Crippen molar-refractivity contribution in [3.8, 4) is 0 Å². The molecule has 1 aromatic heterocycles. The number of nitrogen functional groups attached to an aromatic ring is 1. The minimum Gasteiger partial charge on any atom is -0.389 e. The predicted molar refractivity (Wildman–Crippen MR) is 59.7 cm³/mol. The minimum atomic E-state index is -0.939. The van der Waals surface area contributed by atoms with E-state index in [1.165, 1.54) is 17.3 Å². The van der Waals surface area contributed by atoms with Gasteiger partial charge in [-0.15, -0.1) is 0 Å². The van der Waals surface area contributed by atoms with Gasteiger partial charge >= 0.3 is 0 Å². The van der Waals surface area contributed by atoms with Crippen LogP contribution in [0.15, 0.2) is 12.4 Å². The lowest BCUT2D eigenvalue weighted by Gasteiger charge is -2.25. The Morgan fingerprint density at radius 2 is 2.12 bits per heavy atom. The molecule has 0 spiro atoms. The van der Waals surface area contributed by atoms with Crippen molar-refractivity contribution in [2.24, 2.45) is 0 Å². The summed E-state index contributed by atoms with van der Waals surface area (Å²) in [6, 6.07) is 0. The fourth-order valence-corrected chi connectivity index (χ4v) is 1.30. The molecule has 1 rings (SSSR count). The molecular formula is C10H16N4O2. The average molecular weight is 224 g/mol. The number of hydrogen-bond donors (Lipinski definition) is 2. The van der Waals surface area contributed by atoms with E-state index >= 15 is 0 Å². The van der Waals surface area contributed by atoms with E-state index in [2.05, 4.69) is 9.97 Å². The second-order valence-electron chi connectivity index (χ2n) is 4.30. The first kappa shape index (κ1) is 12.4. The molecule has 0 radical (unpaired) electrons. The number of nitrogens with two attached hydrogens (primary N) is 1. The van der Waals surface area contributed by atoms with Crippen molar-refractivity contribution in [3.63, 3.8) is 0 Å². The van der Waals surface area contributed by atoms with Crippen LogP contribution in [0.1, 0.15) is 24.3 Å². The monoisotopic (exact) mass is 224 g/mol. The number of hydrogen-bond acceptors (Lipinski definition) is 5. The van der Waals surface area contributed by atoms with Crippen LogP contribution in [-0.2, 0) is 0 Å². The summed E-state index contributed by atoms with van der Waals surface area (Å²) in [6.45, 7) is 3.48. The Kier molecular flexibility index (Phi) is 3.44. The van der Waals surface area contributed by atoms with E-state index in [1.807, 2.05) is 0 Å². The van der Waals surface area contributed by atoms with Gasteiger partial charge in [0.1, 0.15) is 11.5 Å². The summed E-state index contributed by atoms with van der Waals surface area (Å²) in [7, 11) is 1.60. The van der Waals surface area contributed by atoms with Crippen LogP contribution in [0.2, 0.25) is 0 Å². The molecule has 0 aliphatic carbocycles. The Hall–Kier alpha value is -1.69. The molecule has 0 aliphatic heterocycles. The maximum absolute atomic E-state index is 11.8. The average Bonchev–Trinajstić information content (AvgIpc) is 2.15. The molecule has 1 aromatic rings. The smallest absolute Gasteiger partial charge is 0.273 e. The number of likely N-dealkylation sites (N-methyl/N-ethyl adjacent to an activating group) is 1. The number of aromatic nitrogens is 2. The predicted octanol–water partition coefficient (Wildman–Crippen LogP) is -0.0983. The molecule has 88 valence electrons. The van der Waals surface area contributed by atoms with Crippen LogP contribution in [0, 0.1) is 0 Å². The molecule has 0 saturated heterocycles. The highest BCUT2D eigenvalue weighted by Gasteiger charge is 2.21. The molecule has 6 nitrogen and oxygen atoms in total. The van der Waals surface area contributed by atoms with Gasteiger partial charge in [-0.3, -0.25) is 4.79 Å². The summed E-state index contributed by atoms with van der Waals surface area (Å²) in [5.41, 5.74) is 4.64. The van der Waals surface area contributed by atoms with Crippen molar-refractivity contribution in [3.05, 3.63) is 18.1 Å². The molecule has 3 N–H and O–H groups in total. The van der Waals surface area contributed by atoms with E-state index < -0.39 is 5.60 Å². The highest BCUT2D eigenvalue weighted by atomic mass is 16.3. The van der Waals surface area contributed by atoms with Crippen LogP contribution in [0.3, 0.4) is 0 Å². The third kappa shape index (κ3) is 3.47. The number of carbonyl (C=O) groups excluding carboxylic acids is 1. The zero-order chi connectivity index (χ0) is 12.3. The Morgan fingerprint density at radius 3 is 2.56 bits per heavy atom. The molecule has 0 aromatic carbocycles. The van der Waals surface area contributed by atoms with Gasteiger partial charge in [0.15, 0.2) is 0 Å². The lowest BCUT2D eigenvalue weighted by Crippen LogP contribution is -2.40. The van der Waals surface area contributed by atoms with Crippen molar-refractivity contribution in [1.29, 1.82) is 0 Å². The van der Waals surface area contributed by atoms with Gasteiger partial charge in [-0.1, -0.05) is 0 Å². The Labute approximate surface area is 94.1 Å². The summed E-state index contributed by atoms with van der Waals surface area (Å²) in [5, 5.41) is 9.58. The molecule has 6 heteroatoms. The molecule has 0 fully saturated rings. The highest BCUT2D eigenvalue weighted by Crippen LogP contribution is 2.06. The topological polar surface area (TPSA) is 92.3 Å². The third-order valence-corrected chi connectivity index (χ3v) is 1.86. The Balaban J connectivity index is 2.74. The lowest BCUT2D eigenvalue weighted by molar-refractivity contribution is 0.0364. The van der Waals surface area contributed by atoms with E-state index in [4.69, 9.17) is 5.73 Å². The van der Waals surface area contributed by atoms with Gasteiger partial charge in [0, 0.05) is 13.6 Å². The molecule has 0 bridgehead atoms. The standard InChI is InChI=1S/C10H16N4O2/c1-10(2,16)6-14(3)9(15)7-4-13-8(11)5-12-7/h4-5,16H,6H2,1-3H3,(H2,11,13). The fourth-order valence-electron chi connectivity index (χ4n) is 1.30. The van der Waals surface area contributed by atoms with Gasteiger partial charge in [-0.25, -0.2) is 9.97 Å². The van der Waals surface area contributed by atoms with E-state index in [9.17, 15) is 9.90 Å². The number of carbonyl (C=O) groups is 1. The molecule has 0 aliphatic rings. The van der Waals surface area contributed by atoms with Gasteiger partial charge in [0.2, 0.25) is 0 Å². The largest absolute Gasteiger partial charge is 0.389 e. The summed E-state index contributed by atoms with van der Waals surface area (Å²) >= 11 is 0. The Morgan fingerprint density at radius 1 is 1.50 bits per heavy atom. The van der Waals surface area contributed by atoms with E-state index in [-0.39, 0.29) is 24.0 Å². The summed E-state index contributed by atoms with van der Waals surface area (Å²) in [5.74, 6) is -0.0312. The molecule has 1 amide bonds. The Bertz CT molecular complexity index is 369. The maximum Gasteiger partial charge on any atom is 0.273 e. The normalized spacial score (nSPS) is 11.2. The fraction of sp³-hybridized carbons (Fsp3) is 0.500. The second-order valence-corrected chi connectivity index (χ2v) is 4.30. The molecule has 0 unspecified atom stereocenters. The molecular weight excluding hydrogens is 208 g/mol. The van der Waals surface area contributed by atoms with Crippen molar-refractivity contribution < 1.29 is 9.90 Å². The minimum absolute atomic E-state index is 0.209. The van der Waals surface area contributed by atoms with Gasteiger partial charge in [0.05, 0.1) is 18.0 Å². The van der Waals surface area contributed by atoms with Crippen LogP contribution in [0.25, 0.3) is 0 Å². The zero-order valence-corrected chi connectivity index (χ0v) is 9.64. The van der Waals surface area contributed by atoms with Crippen LogP contribution in [-0.4, -0.2) is 45.1 Å². The molecule has 16 heavy (non-hydrogen) atoms. The lowest BCUT2D eigenvalue weighted by atomic mass is 10.1. The maximum atomic E-state index is 11.8. The van der Waals surface area contributed by atoms with Crippen molar-refractivity contribution in [2.75, 3.05) is 19.3 Å². The zero-order valence-electron chi connectivity index (χ0n) is 9.64. The highest BCUT2D eigenvalue weighted by molar-refractivity contribution is 5.91. The first-order valence-electron chi connectivity index (χ1n) is 4.85. The second kappa shape index (κ2) is 4.44. The van der Waals surface area contributed by atoms with Crippen molar-refractivity contribution in [1.82, 2.24) is 14.9 Å². The number of amides is 1. The van der Waals surface area contributed by atoms with E-state index in [0.29, 0.717) is 0 Å².